The lowest BCUT2D eigenvalue weighted by molar-refractivity contribution is 0.399. The van der Waals surface area contributed by atoms with Crippen LogP contribution in [0.3, 0.4) is 0 Å². The summed E-state index contributed by atoms with van der Waals surface area (Å²) in [5.41, 5.74) is 2.89. The van der Waals surface area contributed by atoms with Crippen LogP contribution in [0, 0.1) is 6.92 Å². The summed E-state index contributed by atoms with van der Waals surface area (Å²) in [5, 5.41) is 8.71. The van der Waals surface area contributed by atoms with Gasteiger partial charge in [0, 0.05) is 29.8 Å². The molecule has 0 spiro atoms. The average Bonchev–Trinajstić information content (AvgIpc) is 3.07. The Labute approximate surface area is 138 Å². The van der Waals surface area contributed by atoms with Crippen LogP contribution in [0.25, 0.3) is 16.7 Å². The molecule has 7 heteroatoms. The van der Waals surface area contributed by atoms with Gasteiger partial charge in [0.15, 0.2) is 0 Å². The van der Waals surface area contributed by atoms with E-state index in [4.69, 9.17) is 4.74 Å². The molecule has 0 aliphatic carbocycles. The Morgan fingerprint density at radius 2 is 2.04 bits per heavy atom. The zero-order chi connectivity index (χ0) is 16.5. The van der Waals surface area contributed by atoms with E-state index in [0.29, 0.717) is 18.2 Å². The lowest BCUT2D eigenvalue weighted by Gasteiger charge is -2.12. The number of nitrogens with zero attached hydrogens (tertiary/aromatic N) is 5. The van der Waals surface area contributed by atoms with Crippen molar-refractivity contribution in [1.82, 2.24) is 24.6 Å². The molecule has 24 heavy (non-hydrogen) atoms. The number of anilines is 1. The van der Waals surface area contributed by atoms with Crippen LogP contribution in [0.15, 0.2) is 42.7 Å². The van der Waals surface area contributed by atoms with Gasteiger partial charge in [0.05, 0.1) is 12.6 Å². The summed E-state index contributed by atoms with van der Waals surface area (Å²) in [6.45, 7) is 2.54. The molecule has 0 saturated carbocycles. The molecule has 7 nitrogen and oxygen atoms in total. The Hall–Kier alpha value is -3.22. The van der Waals surface area contributed by atoms with Gasteiger partial charge in [0.25, 0.3) is 5.78 Å². The quantitative estimate of drug-likeness (QED) is 0.623. The van der Waals surface area contributed by atoms with Crippen LogP contribution in [0.4, 0.5) is 5.82 Å². The zero-order valence-electron chi connectivity index (χ0n) is 13.4. The van der Waals surface area contributed by atoms with Crippen molar-refractivity contribution >= 4 is 22.5 Å². The van der Waals surface area contributed by atoms with Gasteiger partial charge < -0.3 is 10.1 Å². The highest BCUT2D eigenvalue weighted by Gasteiger charge is 2.09. The fourth-order valence-electron chi connectivity index (χ4n) is 2.71. The molecule has 0 radical (unpaired) electrons. The summed E-state index contributed by atoms with van der Waals surface area (Å²) in [4.78, 5) is 13.0. The maximum absolute atomic E-state index is 5.32. The number of fused-ring (bicyclic) bond motifs is 2. The van der Waals surface area contributed by atoms with E-state index in [-0.39, 0.29) is 0 Å². The number of pyridine rings is 1. The second kappa shape index (κ2) is 5.77. The van der Waals surface area contributed by atoms with E-state index >= 15 is 0 Å². The first-order chi connectivity index (χ1) is 11.7. The largest absolute Gasteiger partial charge is 0.481 e. The smallest absolute Gasteiger partial charge is 0.254 e. The van der Waals surface area contributed by atoms with Crippen LogP contribution >= 0.6 is 0 Å². The molecule has 0 saturated heterocycles. The Morgan fingerprint density at radius 1 is 1.17 bits per heavy atom. The number of methoxy groups -OCH3 is 1. The number of nitrogens with one attached hydrogen (secondary N) is 1. The van der Waals surface area contributed by atoms with E-state index < -0.39 is 0 Å². The Bertz CT molecular complexity index is 1030. The topological polar surface area (TPSA) is 77.2 Å². The molecule has 1 aromatic carbocycles. The number of hydrogen-bond acceptors (Lipinski definition) is 6. The first-order valence-electron chi connectivity index (χ1n) is 7.58. The van der Waals surface area contributed by atoms with Crippen LogP contribution in [0.5, 0.6) is 5.88 Å². The second-order valence-electron chi connectivity index (χ2n) is 5.45. The molecule has 3 aromatic heterocycles. The highest BCUT2D eigenvalue weighted by atomic mass is 16.5. The van der Waals surface area contributed by atoms with Gasteiger partial charge in [-0.2, -0.15) is 14.6 Å². The van der Waals surface area contributed by atoms with Crippen molar-refractivity contribution in [3.63, 3.8) is 0 Å². The molecule has 0 unspecified atom stereocenters. The zero-order valence-corrected chi connectivity index (χ0v) is 13.4. The van der Waals surface area contributed by atoms with E-state index in [2.05, 4.69) is 31.4 Å². The number of rotatable bonds is 4. The van der Waals surface area contributed by atoms with Gasteiger partial charge in [-0.3, -0.25) is 0 Å². The van der Waals surface area contributed by atoms with Gasteiger partial charge in [0.1, 0.15) is 12.1 Å². The number of aryl methyl sites for hydroxylation is 1. The summed E-state index contributed by atoms with van der Waals surface area (Å²) < 4.78 is 7.00. The molecular formula is C17H16N6O. The number of benzene rings is 1. The van der Waals surface area contributed by atoms with Gasteiger partial charge in [-0.15, -0.1) is 0 Å². The Kier molecular flexibility index (Phi) is 3.45. The maximum atomic E-state index is 5.32. The van der Waals surface area contributed by atoms with Gasteiger partial charge in [-0.05, 0) is 18.6 Å². The number of ether oxygens (including phenoxy) is 1. The van der Waals surface area contributed by atoms with Crippen molar-refractivity contribution in [2.24, 2.45) is 0 Å². The SMILES string of the molecule is COc1cc(CNc2cc(C)nc3ncnn23)c2ccccc2n1. The molecule has 4 rings (SSSR count). The molecule has 0 bridgehead atoms. The van der Waals surface area contributed by atoms with Crippen molar-refractivity contribution in [1.29, 1.82) is 0 Å². The van der Waals surface area contributed by atoms with Gasteiger partial charge >= 0.3 is 0 Å². The summed E-state index contributed by atoms with van der Waals surface area (Å²) in [6.07, 6.45) is 1.50. The van der Waals surface area contributed by atoms with Crippen molar-refractivity contribution < 1.29 is 4.74 Å². The minimum atomic E-state index is 0.578. The second-order valence-corrected chi connectivity index (χ2v) is 5.45. The molecule has 120 valence electrons. The minimum absolute atomic E-state index is 0.578. The first kappa shape index (κ1) is 14.4. The van der Waals surface area contributed by atoms with Crippen LogP contribution in [-0.4, -0.2) is 31.7 Å². The molecule has 0 amide bonds. The Balaban J connectivity index is 1.73. The number of aromatic nitrogens is 5. The summed E-state index contributed by atoms with van der Waals surface area (Å²) in [7, 11) is 1.62. The van der Waals surface area contributed by atoms with Gasteiger partial charge in [-0.25, -0.2) is 9.97 Å². The van der Waals surface area contributed by atoms with E-state index in [1.54, 1.807) is 11.6 Å². The normalized spacial score (nSPS) is 11.1. The molecule has 0 atom stereocenters. The molecule has 0 fully saturated rings. The van der Waals surface area contributed by atoms with E-state index in [9.17, 15) is 0 Å². The van der Waals surface area contributed by atoms with Crippen LogP contribution < -0.4 is 10.1 Å². The standard InChI is InChI=1S/C17H16N6O/c1-11-7-15(23-17(21-11)19-10-20-23)18-9-12-8-16(24-2)22-14-6-4-3-5-13(12)14/h3-8,10,18H,9H2,1-2H3. The molecule has 4 aromatic rings. The fraction of sp³-hybridized carbons (Fsp3) is 0.176. The van der Waals surface area contributed by atoms with E-state index in [0.717, 1.165) is 28.0 Å². The molecule has 1 N–H and O–H groups in total. The molecule has 0 aliphatic heterocycles. The van der Waals surface area contributed by atoms with Crippen LogP contribution in [-0.2, 0) is 6.54 Å². The number of hydrogen-bond donors (Lipinski definition) is 1. The summed E-state index contributed by atoms with van der Waals surface area (Å²) >= 11 is 0. The van der Waals surface area contributed by atoms with E-state index in [1.807, 2.05) is 37.3 Å². The van der Waals surface area contributed by atoms with Crippen molar-refractivity contribution in [2.75, 3.05) is 12.4 Å². The minimum Gasteiger partial charge on any atom is -0.481 e. The monoisotopic (exact) mass is 320 g/mol. The third-order valence-corrected chi connectivity index (χ3v) is 3.83. The fourth-order valence-corrected chi connectivity index (χ4v) is 2.71. The molecule has 0 aliphatic rings. The summed E-state index contributed by atoms with van der Waals surface area (Å²) in [6, 6.07) is 11.9. The third-order valence-electron chi connectivity index (χ3n) is 3.83. The summed E-state index contributed by atoms with van der Waals surface area (Å²) in [5.74, 6) is 2.02. The maximum Gasteiger partial charge on any atom is 0.254 e. The predicted octanol–water partition coefficient (Wildman–Crippen LogP) is 2.60. The number of para-hydroxylation sites is 1. The van der Waals surface area contributed by atoms with Gasteiger partial charge in [0.2, 0.25) is 5.88 Å². The highest BCUT2D eigenvalue weighted by molar-refractivity contribution is 5.83. The van der Waals surface area contributed by atoms with Crippen molar-refractivity contribution in [2.45, 2.75) is 13.5 Å². The van der Waals surface area contributed by atoms with E-state index in [1.165, 1.54) is 6.33 Å². The van der Waals surface area contributed by atoms with Crippen LogP contribution in [0.2, 0.25) is 0 Å². The molecular weight excluding hydrogens is 304 g/mol. The average molecular weight is 320 g/mol. The van der Waals surface area contributed by atoms with Crippen LogP contribution in [0.1, 0.15) is 11.3 Å². The van der Waals surface area contributed by atoms with Crippen molar-refractivity contribution in [3.8, 4) is 5.88 Å². The first-order valence-corrected chi connectivity index (χ1v) is 7.58. The molecule has 3 heterocycles. The Morgan fingerprint density at radius 3 is 2.92 bits per heavy atom. The van der Waals surface area contributed by atoms with Gasteiger partial charge in [-0.1, -0.05) is 18.2 Å². The highest BCUT2D eigenvalue weighted by Crippen LogP contribution is 2.23. The van der Waals surface area contributed by atoms with Crippen molar-refractivity contribution in [3.05, 3.63) is 54.0 Å². The third kappa shape index (κ3) is 2.50. The predicted molar refractivity (Wildman–Crippen MR) is 91.1 cm³/mol. The lowest BCUT2D eigenvalue weighted by atomic mass is 10.1. The lowest BCUT2D eigenvalue weighted by Crippen LogP contribution is -2.07.